The Hall–Kier alpha value is -2.08. The summed E-state index contributed by atoms with van der Waals surface area (Å²) in [5.41, 5.74) is 4.79. The molecule has 3 aliphatic rings. The molecule has 1 saturated carbocycles. The first kappa shape index (κ1) is 10.1. The lowest BCUT2D eigenvalue weighted by Crippen LogP contribution is -2.42. The predicted octanol–water partition coefficient (Wildman–Crippen LogP) is 1.91. The molecule has 0 atom stereocenters. The van der Waals surface area contributed by atoms with Gasteiger partial charge in [0.15, 0.2) is 0 Å². The molecule has 1 fully saturated rings. The summed E-state index contributed by atoms with van der Waals surface area (Å²) >= 11 is 0. The average molecular weight is 224 g/mol. The number of rotatable bonds is 2. The summed E-state index contributed by atoms with van der Waals surface area (Å²) in [6, 6.07) is 2.07. The lowest BCUT2D eigenvalue weighted by atomic mass is 10.0. The molecule has 0 radical (unpaired) electrons. The van der Waals surface area contributed by atoms with E-state index in [1.54, 1.807) is 13.8 Å². The minimum atomic E-state index is -0.830. The van der Waals surface area contributed by atoms with Crippen LogP contribution in [0.4, 0.5) is 0 Å². The average Bonchev–Trinajstić information content (AvgIpc) is 2.75. The molecule has 3 rings (SSSR count). The van der Waals surface area contributed by atoms with Crippen LogP contribution >= 0.6 is 0 Å². The van der Waals surface area contributed by atoms with Crippen LogP contribution < -0.4 is 5.32 Å². The summed E-state index contributed by atoms with van der Waals surface area (Å²) in [7, 11) is 0. The molecule has 1 amide bonds. The van der Waals surface area contributed by atoms with E-state index in [0.717, 1.165) is 12.0 Å². The van der Waals surface area contributed by atoms with Crippen molar-refractivity contribution in [2.75, 3.05) is 0 Å². The van der Waals surface area contributed by atoms with Gasteiger partial charge >= 0.3 is 0 Å². The summed E-state index contributed by atoms with van der Waals surface area (Å²) in [5, 5.41) is 11.6. The quantitative estimate of drug-likeness (QED) is 0.779. The van der Waals surface area contributed by atoms with Crippen LogP contribution in [-0.4, -0.2) is 11.4 Å². The van der Waals surface area contributed by atoms with Crippen molar-refractivity contribution in [1.82, 2.24) is 5.32 Å². The summed E-state index contributed by atoms with van der Waals surface area (Å²) in [5.74, 6) is -0.170. The van der Waals surface area contributed by atoms with E-state index in [1.807, 2.05) is 12.2 Å². The third kappa shape index (κ3) is 1.45. The van der Waals surface area contributed by atoms with Gasteiger partial charge in [-0.3, -0.25) is 4.79 Å². The van der Waals surface area contributed by atoms with Crippen LogP contribution in [0, 0.1) is 11.3 Å². The molecule has 3 aliphatic carbocycles. The molecule has 17 heavy (non-hydrogen) atoms. The van der Waals surface area contributed by atoms with Crippen LogP contribution in [0.1, 0.15) is 20.3 Å². The van der Waals surface area contributed by atoms with E-state index in [9.17, 15) is 4.79 Å². The molecule has 0 aromatic rings. The first-order valence-electron chi connectivity index (χ1n) is 5.62. The molecule has 0 bridgehead atoms. The van der Waals surface area contributed by atoms with Crippen molar-refractivity contribution in [1.29, 1.82) is 5.26 Å². The van der Waals surface area contributed by atoms with E-state index in [0.29, 0.717) is 5.57 Å². The highest BCUT2D eigenvalue weighted by Gasteiger charge is 2.36. The van der Waals surface area contributed by atoms with Crippen molar-refractivity contribution in [2.45, 2.75) is 25.8 Å². The lowest BCUT2D eigenvalue weighted by molar-refractivity contribution is -0.118. The highest BCUT2D eigenvalue weighted by atomic mass is 16.1. The van der Waals surface area contributed by atoms with Crippen LogP contribution in [0.3, 0.4) is 0 Å². The van der Waals surface area contributed by atoms with Crippen LogP contribution in [0.15, 0.2) is 46.1 Å². The van der Waals surface area contributed by atoms with Gasteiger partial charge in [0.1, 0.15) is 5.54 Å². The Kier molecular flexibility index (Phi) is 1.77. The van der Waals surface area contributed by atoms with Crippen molar-refractivity contribution in [3.05, 3.63) is 46.1 Å². The van der Waals surface area contributed by atoms with Crippen LogP contribution in [0.25, 0.3) is 0 Å². The van der Waals surface area contributed by atoms with Gasteiger partial charge in [-0.05, 0) is 54.7 Å². The Bertz CT molecular complexity index is 607. The molecule has 0 aromatic heterocycles. The molecule has 84 valence electrons. The molecule has 0 aliphatic heterocycles. The van der Waals surface area contributed by atoms with E-state index >= 15 is 0 Å². The third-order valence-electron chi connectivity index (χ3n) is 3.22. The predicted molar refractivity (Wildman–Crippen MR) is 63.7 cm³/mol. The van der Waals surface area contributed by atoms with Gasteiger partial charge in [-0.15, -0.1) is 0 Å². The molecule has 0 unspecified atom stereocenters. The maximum atomic E-state index is 12.1. The Morgan fingerprint density at radius 2 is 2.18 bits per heavy atom. The second-order valence-corrected chi connectivity index (χ2v) is 5.09. The number of nitrogens with one attached hydrogen (secondary N) is 1. The standard InChI is InChI=1S/C14H12N2O/c1-14(2,7-15)16-13(17)10-4-3-9-11-5-8(11)6-12(9)10/h3-4,6H,5H2,1-2H3,(H,16,17). The van der Waals surface area contributed by atoms with Crippen LogP contribution in [0.2, 0.25) is 0 Å². The van der Waals surface area contributed by atoms with Crippen molar-refractivity contribution in [2.24, 2.45) is 0 Å². The van der Waals surface area contributed by atoms with Gasteiger partial charge in [-0.25, -0.2) is 0 Å². The summed E-state index contributed by atoms with van der Waals surface area (Å²) in [6.07, 6.45) is 6.99. The van der Waals surface area contributed by atoms with Crippen molar-refractivity contribution in [3.8, 4) is 6.07 Å². The van der Waals surface area contributed by atoms with E-state index in [2.05, 4.69) is 17.5 Å². The molecular weight excluding hydrogens is 212 g/mol. The second-order valence-electron chi connectivity index (χ2n) is 5.09. The minimum absolute atomic E-state index is 0.170. The van der Waals surface area contributed by atoms with Gasteiger partial charge in [0.25, 0.3) is 5.91 Å². The van der Waals surface area contributed by atoms with Crippen molar-refractivity contribution in [3.63, 3.8) is 0 Å². The third-order valence-corrected chi connectivity index (χ3v) is 3.22. The van der Waals surface area contributed by atoms with Gasteiger partial charge in [0.05, 0.1) is 6.07 Å². The molecule has 0 saturated heterocycles. The minimum Gasteiger partial charge on any atom is -0.334 e. The second kappa shape index (κ2) is 2.98. The summed E-state index contributed by atoms with van der Waals surface area (Å²) in [6.45, 7) is 3.39. The topological polar surface area (TPSA) is 52.9 Å². The van der Waals surface area contributed by atoms with Gasteiger partial charge < -0.3 is 5.32 Å². The highest BCUT2D eigenvalue weighted by molar-refractivity contribution is 6.02. The maximum absolute atomic E-state index is 12.1. The molecule has 0 aromatic carbocycles. The monoisotopic (exact) mass is 224 g/mol. The molecule has 0 heterocycles. The summed E-state index contributed by atoms with van der Waals surface area (Å²) < 4.78 is 0. The lowest BCUT2D eigenvalue weighted by Gasteiger charge is -2.17. The van der Waals surface area contributed by atoms with Gasteiger partial charge in [-0.1, -0.05) is 6.08 Å². The number of nitriles is 1. The number of carbonyl (C=O) groups excluding carboxylic acids is 1. The SMILES string of the molecule is CC(C)(C#N)NC(=O)C1=C2C=C3CC3=C2C=C1. The number of hydrogen-bond acceptors (Lipinski definition) is 2. The van der Waals surface area contributed by atoms with Crippen molar-refractivity contribution < 1.29 is 4.79 Å². The fourth-order valence-electron chi connectivity index (χ4n) is 2.21. The Balaban J connectivity index is 1.89. The van der Waals surface area contributed by atoms with Gasteiger partial charge in [-0.2, -0.15) is 5.26 Å². The zero-order valence-electron chi connectivity index (χ0n) is 9.79. The smallest absolute Gasteiger partial charge is 0.253 e. The van der Waals surface area contributed by atoms with Crippen LogP contribution in [0.5, 0.6) is 0 Å². The Morgan fingerprint density at radius 3 is 2.88 bits per heavy atom. The number of carbonyl (C=O) groups is 1. The zero-order valence-corrected chi connectivity index (χ0v) is 9.79. The molecule has 0 spiro atoms. The van der Waals surface area contributed by atoms with E-state index in [4.69, 9.17) is 5.26 Å². The maximum Gasteiger partial charge on any atom is 0.253 e. The fraction of sp³-hybridized carbons (Fsp3) is 0.286. The van der Waals surface area contributed by atoms with Gasteiger partial charge in [0, 0.05) is 5.57 Å². The van der Waals surface area contributed by atoms with E-state index < -0.39 is 5.54 Å². The normalized spacial score (nSPS) is 19.9. The highest BCUT2D eigenvalue weighted by Crippen LogP contribution is 2.51. The molecular formula is C14H12N2O. The van der Waals surface area contributed by atoms with Crippen LogP contribution in [-0.2, 0) is 4.79 Å². The largest absolute Gasteiger partial charge is 0.334 e. The number of nitrogens with zero attached hydrogens (tertiary/aromatic N) is 1. The fourth-order valence-corrected chi connectivity index (χ4v) is 2.21. The first-order chi connectivity index (χ1) is 8.02. The first-order valence-corrected chi connectivity index (χ1v) is 5.62. The number of amides is 1. The molecule has 3 heteroatoms. The van der Waals surface area contributed by atoms with Crippen molar-refractivity contribution >= 4 is 5.91 Å². The van der Waals surface area contributed by atoms with E-state index in [1.165, 1.54) is 16.7 Å². The number of allylic oxidation sites excluding steroid dienone is 6. The Morgan fingerprint density at radius 1 is 1.41 bits per heavy atom. The Labute approximate surface area is 99.8 Å². The zero-order chi connectivity index (χ0) is 12.2. The summed E-state index contributed by atoms with van der Waals surface area (Å²) in [4.78, 5) is 12.1. The molecule has 1 N–H and O–H groups in total. The van der Waals surface area contributed by atoms with E-state index in [-0.39, 0.29) is 5.91 Å². The number of hydrogen-bond donors (Lipinski definition) is 1. The molecule has 3 nitrogen and oxygen atoms in total. The van der Waals surface area contributed by atoms with Gasteiger partial charge in [0.2, 0.25) is 0 Å². The number of fused-ring (bicyclic) bond motifs is 2.